The highest BCUT2D eigenvalue weighted by molar-refractivity contribution is 5.59. The molecule has 1 aromatic heterocycles. The molecule has 1 aliphatic rings. The lowest BCUT2D eigenvalue weighted by atomic mass is 10.1. The summed E-state index contributed by atoms with van der Waals surface area (Å²) in [5.74, 6) is -0.257. The third-order valence-corrected chi connectivity index (χ3v) is 3.24. The number of rotatable bonds is 1. The number of nitrogens with two attached hydrogens (primary N) is 1. The van der Waals surface area contributed by atoms with Gasteiger partial charge >= 0.3 is 0 Å². The number of hydrogen-bond acceptors (Lipinski definition) is 2. The molecule has 0 saturated carbocycles. The highest BCUT2D eigenvalue weighted by Gasteiger charge is 2.19. The van der Waals surface area contributed by atoms with Gasteiger partial charge in [0.15, 0.2) is 0 Å². The fourth-order valence-electron chi connectivity index (χ4n) is 2.30. The summed E-state index contributed by atoms with van der Waals surface area (Å²) < 4.78 is 28.5. The van der Waals surface area contributed by atoms with Crippen LogP contribution in [0, 0.1) is 11.6 Å². The third-order valence-electron chi connectivity index (χ3n) is 3.24. The molecule has 5 heteroatoms. The number of hydrogen-bond donors (Lipinski definition) is 1. The predicted molar refractivity (Wildman–Crippen MR) is 63.9 cm³/mol. The smallest absolute Gasteiger partial charge is 0.135 e. The average Bonchev–Trinajstić information content (AvgIpc) is 2.71. The standard InChI is InChI=1S/C13H13F2N3/c14-8-1-3-10(11(15)5-8)12-7-18-6-9(16)2-4-13(18)17-12/h1,3,5,7,9H,2,4,6,16H2/t9-/m0/s1. The van der Waals surface area contributed by atoms with Crippen LogP contribution in [0.25, 0.3) is 11.3 Å². The van der Waals surface area contributed by atoms with E-state index < -0.39 is 11.6 Å². The molecule has 2 N–H and O–H groups in total. The molecule has 18 heavy (non-hydrogen) atoms. The summed E-state index contributed by atoms with van der Waals surface area (Å²) in [6, 6.07) is 3.65. The van der Waals surface area contributed by atoms with Crippen molar-refractivity contribution >= 4 is 0 Å². The molecule has 0 saturated heterocycles. The van der Waals surface area contributed by atoms with E-state index in [2.05, 4.69) is 4.98 Å². The number of nitrogens with zero attached hydrogens (tertiary/aromatic N) is 2. The van der Waals surface area contributed by atoms with Crippen molar-refractivity contribution in [2.75, 3.05) is 0 Å². The van der Waals surface area contributed by atoms with Crippen LogP contribution in [-0.2, 0) is 13.0 Å². The lowest BCUT2D eigenvalue weighted by molar-refractivity contribution is 0.453. The van der Waals surface area contributed by atoms with E-state index in [9.17, 15) is 8.78 Å². The van der Waals surface area contributed by atoms with Gasteiger partial charge in [0, 0.05) is 36.8 Å². The fraction of sp³-hybridized carbons (Fsp3) is 0.308. The second kappa shape index (κ2) is 4.17. The van der Waals surface area contributed by atoms with Gasteiger partial charge in [-0.1, -0.05) is 0 Å². The van der Waals surface area contributed by atoms with E-state index in [4.69, 9.17) is 5.73 Å². The quantitative estimate of drug-likeness (QED) is 0.841. The summed E-state index contributed by atoms with van der Waals surface area (Å²) >= 11 is 0. The first-order valence-electron chi connectivity index (χ1n) is 5.90. The summed E-state index contributed by atoms with van der Waals surface area (Å²) in [6.07, 6.45) is 3.47. The van der Waals surface area contributed by atoms with E-state index in [1.54, 1.807) is 6.20 Å². The molecular weight excluding hydrogens is 236 g/mol. The molecule has 3 nitrogen and oxygen atoms in total. The Labute approximate surface area is 103 Å². The molecule has 2 heterocycles. The average molecular weight is 249 g/mol. The monoisotopic (exact) mass is 249 g/mol. The van der Waals surface area contributed by atoms with Gasteiger partial charge in [0.05, 0.1) is 5.69 Å². The zero-order valence-corrected chi connectivity index (χ0v) is 9.74. The molecule has 0 spiro atoms. The minimum atomic E-state index is -0.588. The Hall–Kier alpha value is -1.75. The van der Waals surface area contributed by atoms with Crippen LogP contribution in [0.3, 0.4) is 0 Å². The van der Waals surface area contributed by atoms with Crippen LogP contribution in [0.1, 0.15) is 12.2 Å². The molecule has 0 radical (unpaired) electrons. The first kappa shape index (κ1) is 11.3. The van der Waals surface area contributed by atoms with Crippen molar-refractivity contribution in [3.63, 3.8) is 0 Å². The molecule has 0 fully saturated rings. The lowest BCUT2D eigenvalue weighted by Gasteiger charge is -2.19. The maximum Gasteiger partial charge on any atom is 0.135 e. The predicted octanol–water partition coefficient (Wildman–Crippen LogP) is 2.10. The summed E-state index contributed by atoms with van der Waals surface area (Å²) in [7, 11) is 0. The Bertz CT molecular complexity index is 592. The van der Waals surface area contributed by atoms with Crippen LogP contribution in [0.2, 0.25) is 0 Å². The van der Waals surface area contributed by atoms with Gasteiger partial charge in [-0.2, -0.15) is 0 Å². The molecule has 1 atom stereocenters. The molecule has 1 aliphatic heterocycles. The zero-order chi connectivity index (χ0) is 12.7. The van der Waals surface area contributed by atoms with Crippen molar-refractivity contribution in [2.24, 2.45) is 5.73 Å². The van der Waals surface area contributed by atoms with Crippen LogP contribution in [0.4, 0.5) is 8.78 Å². The molecule has 0 unspecified atom stereocenters. The Morgan fingerprint density at radius 3 is 2.94 bits per heavy atom. The number of halogens is 2. The van der Waals surface area contributed by atoms with E-state index in [1.807, 2.05) is 4.57 Å². The highest BCUT2D eigenvalue weighted by Crippen LogP contribution is 2.25. The Kier molecular flexibility index (Phi) is 2.63. The van der Waals surface area contributed by atoms with Crippen molar-refractivity contribution in [2.45, 2.75) is 25.4 Å². The van der Waals surface area contributed by atoms with Crippen LogP contribution < -0.4 is 5.73 Å². The van der Waals surface area contributed by atoms with Gasteiger partial charge in [-0.25, -0.2) is 13.8 Å². The van der Waals surface area contributed by atoms with Gasteiger partial charge in [0.25, 0.3) is 0 Å². The topological polar surface area (TPSA) is 43.8 Å². The van der Waals surface area contributed by atoms with Crippen molar-refractivity contribution in [3.8, 4) is 11.3 Å². The maximum absolute atomic E-state index is 13.7. The summed E-state index contributed by atoms with van der Waals surface area (Å²) in [5.41, 5.74) is 6.74. The normalized spacial score (nSPS) is 18.7. The van der Waals surface area contributed by atoms with Crippen LogP contribution in [0.15, 0.2) is 24.4 Å². The highest BCUT2D eigenvalue weighted by atomic mass is 19.1. The molecule has 0 amide bonds. The van der Waals surface area contributed by atoms with Crippen LogP contribution >= 0.6 is 0 Å². The summed E-state index contributed by atoms with van der Waals surface area (Å²) in [4.78, 5) is 4.39. The second-order valence-electron chi connectivity index (χ2n) is 4.62. The van der Waals surface area contributed by atoms with Crippen molar-refractivity contribution < 1.29 is 8.78 Å². The molecule has 2 aromatic rings. The van der Waals surface area contributed by atoms with Crippen molar-refractivity contribution in [3.05, 3.63) is 41.9 Å². The first-order valence-corrected chi connectivity index (χ1v) is 5.90. The molecule has 0 bridgehead atoms. The van der Waals surface area contributed by atoms with Crippen LogP contribution in [0.5, 0.6) is 0 Å². The number of imidazole rings is 1. The first-order chi connectivity index (χ1) is 8.63. The van der Waals surface area contributed by atoms with Gasteiger partial charge in [0.1, 0.15) is 17.5 Å². The maximum atomic E-state index is 13.7. The molecule has 0 aliphatic carbocycles. The van der Waals surface area contributed by atoms with E-state index >= 15 is 0 Å². The Balaban J connectivity index is 2.02. The Morgan fingerprint density at radius 1 is 1.33 bits per heavy atom. The largest absolute Gasteiger partial charge is 0.333 e. The third kappa shape index (κ3) is 1.90. The Morgan fingerprint density at radius 2 is 2.17 bits per heavy atom. The van der Waals surface area contributed by atoms with Gasteiger partial charge < -0.3 is 10.3 Å². The van der Waals surface area contributed by atoms with E-state index in [1.165, 1.54) is 12.1 Å². The minimum absolute atomic E-state index is 0.123. The lowest BCUT2D eigenvalue weighted by Crippen LogP contribution is -2.31. The summed E-state index contributed by atoms with van der Waals surface area (Å²) in [5, 5.41) is 0. The zero-order valence-electron chi connectivity index (χ0n) is 9.74. The molecule has 3 rings (SSSR count). The van der Waals surface area contributed by atoms with E-state index in [0.29, 0.717) is 17.8 Å². The van der Waals surface area contributed by atoms with Gasteiger partial charge in [-0.3, -0.25) is 0 Å². The number of fused-ring (bicyclic) bond motifs is 1. The SMILES string of the molecule is N[C@H]1CCc2nc(-c3ccc(F)cc3F)cn2C1. The van der Waals surface area contributed by atoms with Gasteiger partial charge in [0.2, 0.25) is 0 Å². The van der Waals surface area contributed by atoms with E-state index in [-0.39, 0.29) is 6.04 Å². The molecular formula is C13H13F2N3. The fourth-order valence-corrected chi connectivity index (χ4v) is 2.30. The second-order valence-corrected chi connectivity index (χ2v) is 4.62. The van der Waals surface area contributed by atoms with Crippen molar-refractivity contribution in [1.82, 2.24) is 9.55 Å². The van der Waals surface area contributed by atoms with Crippen LogP contribution in [-0.4, -0.2) is 15.6 Å². The van der Waals surface area contributed by atoms with Crippen molar-refractivity contribution in [1.29, 1.82) is 0 Å². The molecule has 1 aromatic carbocycles. The number of benzene rings is 1. The summed E-state index contributed by atoms with van der Waals surface area (Å²) in [6.45, 7) is 0.700. The van der Waals surface area contributed by atoms with E-state index in [0.717, 1.165) is 24.7 Å². The van der Waals surface area contributed by atoms with Gasteiger partial charge in [-0.15, -0.1) is 0 Å². The molecule has 94 valence electrons. The number of aryl methyl sites for hydroxylation is 1. The number of aromatic nitrogens is 2. The van der Waals surface area contributed by atoms with Gasteiger partial charge in [-0.05, 0) is 18.6 Å². The minimum Gasteiger partial charge on any atom is -0.333 e.